The Hall–Kier alpha value is -2.59. The number of nitrogens with zero attached hydrogens (tertiary/aromatic N) is 6. The summed E-state index contributed by atoms with van der Waals surface area (Å²) in [6.45, 7) is 2.14. The van der Waals surface area contributed by atoms with Gasteiger partial charge in [0.15, 0.2) is 0 Å². The minimum absolute atomic E-state index is 0.205. The van der Waals surface area contributed by atoms with Gasteiger partial charge in [-0.05, 0) is 31.9 Å². The van der Waals surface area contributed by atoms with Gasteiger partial charge in [-0.15, -0.1) is 10.2 Å². The number of hydrogen-bond acceptors (Lipinski definition) is 7. The molecule has 0 N–H and O–H groups in total. The standard InChI is InChI=1S/C16H18N6O3S/c1-11-14(10-18-21(11)2)26(23,24)22-9-5-7-13(22)16-20-19-15(25-16)12-6-3-4-8-17-12/h3-4,6,8,10,13H,5,7,9H2,1-2H3/t13-/m0/s1. The van der Waals surface area contributed by atoms with E-state index in [2.05, 4.69) is 20.3 Å². The highest BCUT2D eigenvalue weighted by Crippen LogP contribution is 2.37. The van der Waals surface area contributed by atoms with Crippen molar-refractivity contribution in [2.24, 2.45) is 7.05 Å². The van der Waals surface area contributed by atoms with E-state index >= 15 is 0 Å². The Kier molecular flexibility index (Phi) is 4.08. The molecule has 0 saturated carbocycles. The van der Waals surface area contributed by atoms with Gasteiger partial charge in [-0.25, -0.2) is 8.42 Å². The summed E-state index contributed by atoms with van der Waals surface area (Å²) in [4.78, 5) is 4.38. The molecule has 9 nitrogen and oxygen atoms in total. The van der Waals surface area contributed by atoms with Gasteiger partial charge in [-0.2, -0.15) is 9.40 Å². The number of hydrogen-bond donors (Lipinski definition) is 0. The molecule has 0 aliphatic carbocycles. The van der Waals surface area contributed by atoms with E-state index in [1.54, 1.807) is 37.0 Å². The molecular weight excluding hydrogens is 356 g/mol. The molecule has 0 amide bonds. The second kappa shape index (κ2) is 6.29. The number of rotatable bonds is 4. The highest BCUT2D eigenvalue weighted by Gasteiger charge is 2.40. The van der Waals surface area contributed by atoms with Crippen LogP contribution in [0.15, 0.2) is 39.9 Å². The third-order valence-corrected chi connectivity index (χ3v) is 6.60. The van der Waals surface area contributed by atoms with Gasteiger partial charge >= 0.3 is 0 Å². The predicted octanol–water partition coefficient (Wildman–Crippen LogP) is 1.70. The third kappa shape index (κ3) is 2.71. The molecule has 1 saturated heterocycles. The van der Waals surface area contributed by atoms with E-state index in [1.165, 1.54) is 10.5 Å². The highest BCUT2D eigenvalue weighted by molar-refractivity contribution is 7.89. The fourth-order valence-corrected chi connectivity index (χ4v) is 4.93. The van der Waals surface area contributed by atoms with Gasteiger partial charge < -0.3 is 4.42 Å². The number of sulfonamides is 1. The molecule has 1 fully saturated rings. The van der Waals surface area contributed by atoms with Crippen LogP contribution in [0.1, 0.15) is 30.5 Å². The molecule has 26 heavy (non-hydrogen) atoms. The maximum absolute atomic E-state index is 13.1. The quantitative estimate of drug-likeness (QED) is 0.684. The first-order chi connectivity index (χ1) is 12.5. The summed E-state index contributed by atoms with van der Waals surface area (Å²) >= 11 is 0. The molecule has 4 rings (SSSR count). The van der Waals surface area contributed by atoms with Gasteiger partial charge in [0.1, 0.15) is 16.6 Å². The molecule has 10 heteroatoms. The van der Waals surface area contributed by atoms with Crippen molar-refractivity contribution in [1.29, 1.82) is 0 Å². The minimum Gasteiger partial charge on any atom is -0.417 e. The Labute approximate surface area is 150 Å². The van der Waals surface area contributed by atoms with Gasteiger partial charge in [-0.3, -0.25) is 9.67 Å². The molecule has 0 spiro atoms. The molecule has 0 aromatic carbocycles. The first kappa shape index (κ1) is 16.9. The second-order valence-corrected chi connectivity index (χ2v) is 8.01. The van der Waals surface area contributed by atoms with E-state index < -0.39 is 16.1 Å². The molecule has 0 radical (unpaired) electrons. The maximum atomic E-state index is 13.1. The first-order valence-corrected chi connectivity index (χ1v) is 9.68. The van der Waals surface area contributed by atoms with E-state index in [-0.39, 0.29) is 16.7 Å². The van der Waals surface area contributed by atoms with Crippen LogP contribution in [0.5, 0.6) is 0 Å². The van der Waals surface area contributed by atoms with E-state index in [4.69, 9.17) is 4.42 Å². The summed E-state index contributed by atoms with van der Waals surface area (Å²) in [5, 5.41) is 12.1. The molecule has 136 valence electrons. The Morgan fingerprint density at radius 2 is 2.12 bits per heavy atom. The SMILES string of the molecule is Cc1c(S(=O)(=O)N2CCC[C@H]2c2nnc(-c3ccccn3)o2)cnn1C. The van der Waals surface area contributed by atoms with Crippen LogP contribution in [0.25, 0.3) is 11.6 Å². The van der Waals surface area contributed by atoms with Crippen LogP contribution in [0, 0.1) is 6.92 Å². The highest BCUT2D eigenvalue weighted by atomic mass is 32.2. The zero-order valence-electron chi connectivity index (χ0n) is 14.4. The molecular formula is C16H18N6O3S. The topological polar surface area (TPSA) is 107 Å². The van der Waals surface area contributed by atoms with E-state index in [0.717, 1.165) is 6.42 Å². The van der Waals surface area contributed by atoms with E-state index in [1.807, 2.05) is 6.07 Å². The minimum atomic E-state index is -3.69. The van der Waals surface area contributed by atoms with Gasteiger partial charge in [-0.1, -0.05) is 6.07 Å². The van der Waals surface area contributed by atoms with Crippen LogP contribution in [-0.2, 0) is 17.1 Å². The van der Waals surface area contributed by atoms with Crippen LogP contribution in [0.3, 0.4) is 0 Å². The van der Waals surface area contributed by atoms with Crippen LogP contribution in [0.2, 0.25) is 0 Å². The molecule has 1 atom stereocenters. The Morgan fingerprint density at radius 3 is 2.81 bits per heavy atom. The molecule has 1 aliphatic rings. The third-order valence-electron chi connectivity index (χ3n) is 4.59. The number of aromatic nitrogens is 5. The lowest BCUT2D eigenvalue weighted by Gasteiger charge is -2.21. The lowest BCUT2D eigenvalue weighted by Crippen LogP contribution is -2.31. The van der Waals surface area contributed by atoms with Crippen LogP contribution in [0.4, 0.5) is 0 Å². The number of aryl methyl sites for hydroxylation is 1. The molecule has 0 unspecified atom stereocenters. The van der Waals surface area contributed by atoms with Crippen LogP contribution < -0.4 is 0 Å². The second-order valence-electron chi connectivity index (χ2n) is 6.15. The van der Waals surface area contributed by atoms with Gasteiger partial charge in [0.25, 0.3) is 5.89 Å². The van der Waals surface area contributed by atoms with E-state index in [0.29, 0.717) is 24.4 Å². The summed E-state index contributed by atoms with van der Waals surface area (Å²) in [5.41, 5.74) is 1.15. The van der Waals surface area contributed by atoms with Gasteiger partial charge in [0, 0.05) is 19.8 Å². The summed E-state index contributed by atoms with van der Waals surface area (Å²) in [6.07, 6.45) is 4.37. The monoisotopic (exact) mass is 374 g/mol. The molecule has 0 bridgehead atoms. The van der Waals surface area contributed by atoms with Crippen molar-refractivity contribution in [3.8, 4) is 11.6 Å². The maximum Gasteiger partial charge on any atom is 0.266 e. The normalized spacial score (nSPS) is 18.5. The van der Waals surface area contributed by atoms with Crippen molar-refractivity contribution < 1.29 is 12.8 Å². The van der Waals surface area contributed by atoms with Crippen molar-refractivity contribution >= 4 is 10.0 Å². The fraction of sp³-hybridized carbons (Fsp3) is 0.375. The zero-order valence-corrected chi connectivity index (χ0v) is 15.2. The van der Waals surface area contributed by atoms with Crippen molar-refractivity contribution in [1.82, 2.24) is 29.3 Å². The predicted molar refractivity (Wildman–Crippen MR) is 91.3 cm³/mol. The molecule has 1 aliphatic heterocycles. The van der Waals surface area contributed by atoms with Crippen molar-refractivity contribution in [2.75, 3.05) is 6.54 Å². The lowest BCUT2D eigenvalue weighted by atomic mass is 10.2. The Bertz CT molecular complexity index is 1030. The average Bonchev–Trinajstić information content (AvgIpc) is 3.36. The van der Waals surface area contributed by atoms with Crippen LogP contribution in [-0.4, -0.2) is 44.2 Å². The molecule has 3 aromatic rings. The largest absolute Gasteiger partial charge is 0.417 e. The smallest absolute Gasteiger partial charge is 0.266 e. The fourth-order valence-electron chi connectivity index (χ4n) is 3.09. The van der Waals surface area contributed by atoms with Crippen LogP contribution >= 0.6 is 0 Å². The summed E-state index contributed by atoms with van der Waals surface area (Å²) in [5.74, 6) is 0.565. The van der Waals surface area contributed by atoms with Gasteiger partial charge in [0.2, 0.25) is 15.9 Å². The summed E-state index contributed by atoms with van der Waals surface area (Å²) in [7, 11) is -1.98. The summed E-state index contributed by atoms with van der Waals surface area (Å²) < 4.78 is 34.9. The average molecular weight is 374 g/mol. The molecule has 3 aromatic heterocycles. The van der Waals surface area contributed by atoms with E-state index in [9.17, 15) is 8.42 Å². The van der Waals surface area contributed by atoms with Crippen molar-refractivity contribution in [3.63, 3.8) is 0 Å². The number of pyridine rings is 1. The van der Waals surface area contributed by atoms with Crippen molar-refractivity contribution in [2.45, 2.75) is 30.7 Å². The summed E-state index contributed by atoms with van der Waals surface area (Å²) in [6, 6.07) is 4.90. The Balaban J connectivity index is 1.67. The van der Waals surface area contributed by atoms with Gasteiger partial charge in [0.05, 0.1) is 11.9 Å². The van der Waals surface area contributed by atoms with Crippen molar-refractivity contribution in [3.05, 3.63) is 42.2 Å². The Morgan fingerprint density at radius 1 is 1.27 bits per heavy atom. The molecule has 4 heterocycles. The first-order valence-electron chi connectivity index (χ1n) is 8.24. The zero-order chi connectivity index (χ0) is 18.3. The lowest BCUT2D eigenvalue weighted by molar-refractivity contribution is 0.332.